The number of hydrogen-bond donors (Lipinski definition) is 2. The zero-order valence-corrected chi connectivity index (χ0v) is 9.35. The second kappa shape index (κ2) is 6.95. The molecule has 3 N–H and O–H groups in total. The number of nitrogens with two attached hydrogens (primary N) is 1. The van der Waals surface area contributed by atoms with Crippen molar-refractivity contribution < 1.29 is 15.2 Å². The highest BCUT2D eigenvalue weighted by molar-refractivity contribution is 7.11. The molecule has 14 heavy (non-hydrogen) atoms. The van der Waals surface area contributed by atoms with E-state index in [0.717, 1.165) is 13.1 Å². The van der Waals surface area contributed by atoms with Gasteiger partial charge in [-0.1, -0.05) is 0 Å². The zero-order chi connectivity index (χ0) is 10.2. The second-order valence-corrected chi connectivity index (χ2v) is 4.50. The van der Waals surface area contributed by atoms with Crippen molar-refractivity contribution in [3.8, 4) is 0 Å². The Hall–Kier alpha value is -0.420. The Morgan fingerprint density at radius 3 is 2.93 bits per heavy atom. The summed E-state index contributed by atoms with van der Waals surface area (Å²) in [6.45, 7) is 5.39. The monoisotopic (exact) mass is 216 g/mol. The molecule has 0 aliphatic heterocycles. The van der Waals surface area contributed by atoms with Crippen LogP contribution in [0.3, 0.4) is 0 Å². The van der Waals surface area contributed by atoms with Crippen LogP contribution in [-0.2, 0) is 11.3 Å². The maximum Gasteiger partial charge on any atom is 0.111 e. The fraction of sp³-hybridized carbons (Fsp3) is 0.600. The van der Waals surface area contributed by atoms with Crippen LogP contribution < -0.4 is 5.32 Å². The van der Waals surface area contributed by atoms with Crippen molar-refractivity contribution in [2.24, 2.45) is 0 Å². The van der Waals surface area contributed by atoms with E-state index < -0.39 is 0 Å². The lowest BCUT2D eigenvalue weighted by Gasteiger charge is -2.00. The largest absolute Gasteiger partial charge is 0.394 e. The lowest BCUT2D eigenvalue weighted by atomic mass is 10.4. The number of hydrogen-bond acceptors (Lipinski definition) is 3. The van der Waals surface area contributed by atoms with Gasteiger partial charge in [0.25, 0.3) is 0 Å². The van der Waals surface area contributed by atoms with E-state index in [1.807, 2.05) is 11.3 Å². The van der Waals surface area contributed by atoms with Gasteiger partial charge in [-0.25, -0.2) is 0 Å². The van der Waals surface area contributed by atoms with Crippen LogP contribution in [0.1, 0.15) is 9.75 Å². The molecule has 0 fully saturated rings. The number of aliphatic hydroxyl groups excluding tert-OH is 1. The number of ether oxygens (including phenoxy) is 1. The summed E-state index contributed by atoms with van der Waals surface area (Å²) >= 11 is 1.84. The van der Waals surface area contributed by atoms with Crippen LogP contribution in [0.15, 0.2) is 12.1 Å². The molecule has 0 atom stereocenters. The highest BCUT2D eigenvalue weighted by Gasteiger charge is 1.98. The van der Waals surface area contributed by atoms with Gasteiger partial charge in [-0.15, -0.1) is 11.3 Å². The molecule has 0 aliphatic rings. The SMILES string of the molecule is Cc1ccc(C[NH2+]CCOCCO)s1. The molecule has 0 saturated heterocycles. The number of rotatable bonds is 7. The van der Waals surface area contributed by atoms with Gasteiger partial charge in [-0.3, -0.25) is 0 Å². The summed E-state index contributed by atoms with van der Waals surface area (Å²) < 4.78 is 5.15. The van der Waals surface area contributed by atoms with Crippen molar-refractivity contribution in [2.45, 2.75) is 13.5 Å². The Morgan fingerprint density at radius 1 is 1.43 bits per heavy atom. The molecule has 1 heterocycles. The molecule has 1 aromatic rings. The molecular weight excluding hydrogens is 198 g/mol. The quantitative estimate of drug-likeness (QED) is 0.636. The molecule has 0 amide bonds. The molecule has 4 heteroatoms. The highest BCUT2D eigenvalue weighted by atomic mass is 32.1. The first-order chi connectivity index (χ1) is 6.83. The Bertz CT molecular complexity index is 250. The summed E-state index contributed by atoms with van der Waals surface area (Å²) in [6.07, 6.45) is 0. The van der Waals surface area contributed by atoms with Crippen LogP contribution in [0.5, 0.6) is 0 Å². The summed E-state index contributed by atoms with van der Waals surface area (Å²) in [7, 11) is 0. The molecule has 0 bridgehead atoms. The van der Waals surface area contributed by atoms with Gasteiger partial charge in [-0.05, 0) is 19.1 Å². The summed E-state index contributed by atoms with van der Waals surface area (Å²) in [4.78, 5) is 2.77. The van der Waals surface area contributed by atoms with Crippen LogP contribution in [0.4, 0.5) is 0 Å². The van der Waals surface area contributed by atoms with Crippen LogP contribution in [0.25, 0.3) is 0 Å². The molecule has 1 rings (SSSR count). The van der Waals surface area contributed by atoms with E-state index >= 15 is 0 Å². The van der Waals surface area contributed by atoms with Crippen LogP contribution in [0, 0.1) is 6.92 Å². The van der Waals surface area contributed by atoms with Gasteiger partial charge in [-0.2, -0.15) is 0 Å². The lowest BCUT2D eigenvalue weighted by molar-refractivity contribution is -0.671. The van der Waals surface area contributed by atoms with Gasteiger partial charge in [0.2, 0.25) is 0 Å². The first-order valence-corrected chi connectivity index (χ1v) is 5.70. The summed E-state index contributed by atoms with van der Waals surface area (Å²) in [6, 6.07) is 4.32. The Kier molecular flexibility index (Phi) is 5.78. The number of thiophene rings is 1. The second-order valence-electron chi connectivity index (χ2n) is 3.13. The van der Waals surface area contributed by atoms with Gasteiger partial charge >= 0.3 is 0 Å². The molecule has 0 aromatic carbocycles. The van der Waals surface area contributed by atoms with Gasteiger partial charge in [0.1, 0.15) is 6.54 Å². The van der Waals surface area contributed by atoms with E-state index in [-0.39, 0.29) is 6.61 Å². The topological polar surface area (TPSA) is 46.1 Å². The standard InChI is InChI=1S/C10H17NO2S/c1-9-2-3-10(14-9)8-11-4-6-13-7-5-12/h2-3,11-12H,4-8H2,1H3/p+1. The van der Waals surface area contributed by atoms with Crippen molar-refractivity contribution >= 4 is 11.3 Å². The first kappa shape index (κ1) is 11.7. The number of aliphatic hydroxyl groups is 1. The zero-order valence-electron chi connectivity index (χ0n) is 8.53. The van der Waals surface area contributed by atoms with E-state index in [1.54, 1.807) is 0 Å². The Morgan fingerprint density at radius 2 is 2.29 bits per heavy atom. The van der Waals surface area contributed by atoms with Gasteiger partial charge in [0.15, 0.2) is 0 Å². The predicted octanol–water partition coefficient (Wildman–Crippen LogP) is 0.129. The predicted molar refractivity (Wildman–Crippen MR) is 57.5 cm³/mol. The maximum atomic E-state index is 8.47. The molecule has 0 saturated carbocycles. The molecule has 1 aromatic heterocycles. The molecule has 0 aliphatic carbocycles. The van der Waals surface area contributed by atoms with Crippen molar-refractivity contribution in [1.29, 1.82) is 0 Å². The van der Waals surface area contributed by atoms with Gasteiger partial charge in [0.05, 0.1) is 31.2 Å². The highest BCUT2D eigenvalue weighted by Crippen LogP contribution is 2.12. The lowest BCUT2D eigenvalue weighted by Crippen LogP contribution is -2.83. The van der Waals surface area contributed by atoms with E-state index in [1.165, 1.54) is 9.75 Å². The fourth-order valence-corrected chi connectivity index (χ4v) is 2.06. The minimum atomic E-state index is 0.115. The molecule has 0 unspecified atom stereocenters. The molecule has 0 radical (unpaired) electrons. The van der Waals surface area contributed by atoms with Crippen molar-refractivity contribution in [3.05, 3.63) is 21.9 Å². The summed E-state index contributed by atoms with van der Waals surface area (Å²) in [5.41, 5.74) is 0. The average Bonchev–Trinajstić information content (AvgIpc) is 2.58. The molecule has 3 nitrogen and oxygen atoms in total. The Balaban J connectivity index is 1.99. The van der Waals surface area contributed by atoms with E-state index in [2.05, 4.69) is 24.4 Å². The molecular formula is C10H18NO2S+. The van der Waals surface area contributed by atoms with Crippen LogP contribution in [0.2, 0.25) is 0 Å². The van der Waals surface area contributed by atoms with Crippen molar-refractivity contribution in [2.75, 3.05) is 26.4 Å². The van der Waals surface area contributed by atoms with E-state index in [0.29, 0.717) is 13.2 Å². The minimum Gasteiger partial charge on any atom is -0.394 e. The van der Waals surface area contributed by atoms with Gasteiger partial charge in [0, 0.05) is 4.88 Å². The van der Waals surface area contributed by atoms with Crippen molar-refractivity contribution in [3.63, 3.8) is 0 Å². The smallest absolute Gasteiger partial charge is 0.111 e. The fourth-order valence-electron chi connectivity index (χ4n) is 1.17. The number of quaternary nitrogens is 1. The van der Waals surface area contributed by atoms with Crippen molar-refractivity contribution in [1.82, 2.24) is 0 Å². The minimum absolute atomic E-state index is 0.115. The van der Waals surface area contributed by atoms with E-state index in [4.69, 9.17) is 9.84 Å². The average molecular weight is 216 g/mol. The van der Waals surface area contributed by atoms with Crippen LogP contribution in [-0.4, -0.2) is 31.5 Å². The number of aryl methyl sites for hydroxylation is 1. The first-order valence-electron chi connectivity index (χ1n) is 4.88. The molecule has 0 spiro atoms. The van der Waals surface area contributed by atoms with E-state index in [9.17, 15) is 0 Å². The maximum absolute atomic E-state index is 8.47. The molecule has 80 valence electrons. The summed E-state index contributed by atoms with van der Waals surface area (Å²) in [5, 5.41) is 10.7. The Labute approximate surface area is 88.7 Å². The summed E-state index contributed by atoms with van der Waals surface area (Å²) in [5.74, 6) is 0. The third kappa shape index (κ3) is 4.72. The third-order valence-corrected chi connectivity index (χ3v) is 2.87. The van der Waals surface area contributed by atoms with Crippen LogP contribution >= 0.6 is 11.3 Å². The normalized spacial score (nSPS) is 10.7. The third-order valence-electron chi connectivity index (χ3n) is 1.84. The van der Waals surface area contributed by atoms with Gasteiger partial charge < -0.3 is 15.2 Å².